The first-order valence-electron chi connectivity index (χ1n) is 16.3. The molecule has 2 N–H and O–H groups in total. The maximum absolute atomic E-state index is 13.5. The van der Waals surface area contributed by atoms with Gasteiger partial charge in [-0.1, -0.05) is 89.5 Å². The summed E-state index contributed by atoms with van der Waals surface area (Å²) in [6, 6.07) is 0. The van der Waals surface area contributed by atoms with Gasteiger partial charge in [-0.2, -0.15) is 0 Å². The van der Waals surface area contributed by atoms with E-state index < -0.39 is 32.6 Å². The molecule has 0 bridgehead atoms. The molecule has 2 heterocycles. The van der Waals surface area contributed by atoms with Gasteiger partial charge in [0.25, 0.3) is 0 Å². The first kappa shape index (κ1) is 36.9. The van der Waals surface area contributed by atoms with E-state index in [0.717, 1.165) is 6.42 Å². The van der Waals surface area contributed by atoms with Crippen LogP contribution in [0.15, 0.2) is 9.21 Å². The number of aryl methyl sites for hydroxylation is 1. The molecule has 1 saturated heterocycles. The van der Waals surface area contributed by atoms with Crippen LogP contribution in [-0.2, 0) is 20.1 Å². The molecule has 0 radical (unpaired) electrons. The number of aliphatic hydroxyl groups is 2. The standard InChI is InChI=1S/C34H60O7Si/c1-15-19(7)28(35)21(9)30(37)22(10)31(38)24(12)33-26(14)34(41-42(40-33,17(3)4)18(5)6)25(13)32-23(11)29(36)20(8)27(16-2)39-32/h17-19,21-22,24-26,28,31,33-35,38H,15-16H2,1-14H3/t19-,21-,22-,24-,25+,26+,28+,31+,33-,34+/m0/s1. The zero-order valence-corrected chi connectivity index (χ0v) is 29.8. The minimum absolute atomic E-state index is 0.00554. The van der Waals surface area contributed by atoms with E-state index in [-0.39, 0.29) is 58.2 Å². The molecule has 8 heteroatoms. The Morgan fingerprint density at radius 3 is 1.81 bits per heavy atom. The molecule has 0 amide bonds. The summed E-state index contributed by atoms with van der Waals surface area (Å²) in [5.41, 5.74) is 1.54. The van der Waals surface area contributed by atoms with Gasteiger partial charge in [-0.25, -0.2) is 0 Å². The van der Waals surface area contributed by atoms with Crippen LogP contribution >= 0.6 is 0 Å². The van der Waals surface area contributed by atoms with E-state index in [4.69, 9.17) is 13.3 Å². The first-order chi connectivity index (χ1) is 19.4. The molecule has 0 spiro atoms. The predicted molar refractivity (Wildman–Crippen MR) is 171 cm³/mol. The molecule has 7 nitrogen and oxygen atoms in total. The fraction of sp³-hybridized carbons (Fsp3) is 0.824. The molecule has 1 aromatic rings. The van der Waals surface area contributed by atoms with Crippen LogP contribution in [0.3, 0.4) is 0 Å². The number of hydrogen-bond donors (Lipinski definition) is 2. The maximum atomic E-state index is 13.5. The van der Waals surface area contributed by atoms with Crippen LogP contribution in [0.2, 0.25) is 11.1 Å². The van der Waals surface area contributed by atoms with E-state index in [1.165, 1.54) is 0 Å². The van der Waals surface area contributed by atoms with Gasteiger partial charge in [-0.05, 0) is 30.8 Å². The lowest BCUT2D eigenvalue weighted by Gasteiger charge is -2.53. The zero-order valence-electron chi connectivity index (χ0n) is 28.8. The van der Waals surface area contributed by atoms with E-state index >= 15 is 0 Å². The quantitative estimate of drug-likeness (QED) is 0.236. The molecular weight excluding hydrogens is 548 g/mol. The summed E-state index contributed by atoms with van der Waals surface area (Å²) in [6.07, 6.45) is -0.978. The third-order valence-electron chi connectivity index (χ3n) is 10.4. The number of Topliss-reactive ketones (excluding diaryl/α,β-unsaturated/α-hetero) is 1. The molecular formula is C34H60O7Si. The van der Waals surface area contributed by atoms with E-state index in [1.54, 1.807) is 13.8 Å². The van der Waals surface area contributed by atoms with Crippen LogP contribution < -0.4 is 5.43 Å². The molecule has 42 heavy (non-hydrogen) atoms. The fourth-order valence-electron chi connectivity index (χ4n) is 7.07. The number of carbonyl (C=O) groups is 1. The minimum Gasteiger partial charge on any atom is -0.465 e. The van der Waals surface area contributed by atoms with Crippen LogP contribution in [0.4, 0.5) is 0 Å². The number of rotatable bonds is 13. The highest BCUT2D eigenvalue weighted by Crippen LogP contribution is 2.48. The molecule has 1 aliphatic rings. The lowest BCUT2D eigenvalue weighted by Crippen LogP contribution is -2.63. The van der Waals surface area contributed by atoms with Gasteiger partial charge in [0.1, 0.15) is 17.3 Å². The van der Waals surface area contributed by atoms with E-state index in [1.807, 2.05) is 41.5 Å². The summed E-state index contributed by atoms with van der Waals surface area (Å²) >= 11 is 0. The van der Waals surface area contributed by atoms with Gasteiger partial charge in [-0.3, -0.25) is 9.59 Å². The normalized spacial score (nSPS) is 26.0. The Balaban J connectivity index is 2.54. The molecule has 242 valence electrons. The zero-order chi connectivity index (χ0) is 32.4. The lowest BCUT2D eigenvalue weighted by molar-refractivity contribution is -0.140. The lowest BCUT2D eigenvalue weighted by atomic mass is 9.76. The van der Waals surface area contributed by atoms with E-state index in [9.17, 15) is 19.8 Å². The molecule has 0 aliphatic carbocycles. The highest BCUT2D eigenvalue weighted by molar-refractivity contribution is 6.70. The Hall–Kier alpha value is -1.32. The largest absolute Gasteiger partial charge is 0.465 e. The van der Waals surface area contributed by atoms with Gasteiger partial charge in [0.15, 0.2) is 5.43 Å². The van der Waals surface area contributed by atoms with Crippen LogP contribution in [0, 0.1) is 43.4 Å². The molecule has 1 fully saturated rings. The van der Waals surface area contributed by atoms with Crippen molar-refractivity contribution in [1.29, 1.82) is 0 Å². The highest BCUT2D eigenvalue weighted by Gasteiger charge is 2.57. The van der Waals surface area contributed by atoms with Crippen LogP contribution in [0.5, 0.6) is 0 Å². The summed E-state index contributed by atoms with van der Waals surface area (Å²) in [5, 5.41) is 22.4. The van der Waals surface area contributed by atoms with Crippen molar-refractivity contribution in [3.63, 3.8) is 0 Å². The second kappa shape index (κ2) is 14.6. The van der Waals surface area contributed by atoms with Gasteiger partial charge >= 0.3 is 8.56 Å². The third kappa shape index (κ3) is 6.98. The van der Waals surface area contributed by atoms with Crippen molar-refractivity contribution in [2.24, 2.45) is 29.6 Å². The average molecular weight is 609 g/mol. The van der Waals surface area contributed by atoms with Crippen LogP contribution in [0.1, 0.15) is 118 Å². The van der Waals surface area contributed by atoms with Crippen molar-refractivity contribution in [2.75, 3.05) is 0 Å². The van der Waals surface area contributed by atoms with Crippen molar-refractivity contribution in [3.8, 4) is 0 Å². The molecule has 10 atom stereocenters. The first-order valence-corrected chi connectivity index (χ1v) is 18.2. The Morgan fingerprint density at radius 2 is 1.33 bits per heavy atom. The van der Waals surface area contributed by atoms with Crippen LogP contribution in [0.25, 0.3) is 0 Å². The number of ketones is 1. The fourth-order valence-corrected chi connectivity index (χ4v) is 11.2. The molecule has 0 aromatic carbocycles. The number of carbonyl (C=O) groups excluding carboxylic acids is 1. The second-order valence-corrected chi connectivity index (χ2v) is 18.1. The van der Waals surface area contributed by atoms with Crippen LogP contribution in [-0.4, -0.2) is 49.0 Å². The van der Waals surface area contributed by atoms with Gasteiger partial charge < -0.3 is 23.5 Å². The van der Waals surface area contributed by atoms with Gasteiger partial charge in [0.05, 0.1) is 24.4 Å². The van der Waals surface area contributed by atoms with Gasteiger partial charge in [-0.15, -0.1) is 0 Å². The average Bonchev–Trinajstić information content (AvgIpc) is 2.96. The SMILES string of the molecule is CCc1oc([C@@H](C)[C@H]2O[Si](C(C)C)(C(C)C)O[C@@H]([C@@H](C)[C@H](O)[C@@H](C)C(=O)[C@@H](C)[C@H](O)[C@@H](C)CC)[C@H]2C)c(C)c(=O)c1C. The van der Waals surface area contributed by atoms with Crippen molar-refractivity contribution in [3.05, 3.63) is 32.9 Å². The predicted octanol–water partition coefficient (Wildman–Crippen LogP) is 6.85. The summed E-state index contributed by atoms with van der Waals surface area (Å²) < 4.78 is 20.5. The minimum atomic E-state index is -2.85. The van der Waals surface area contributed by atoms with Gasteiger partial charge in [0, 0.05) is 47.1 Å². The van der Waals surface area contributed by atoms with Crippen molar-refractivity contribution < 1.29 is 28.3 Å². The molecule has 0 saturated carbocycles. The Bertz CT molecular complexity index is 1100. The van der Waals surface area contributed by atoms with E-state index in [2.05, 4.69) is 41.5 Å². The van der Waals surface area contributed by atoms with E-state index in [0.29, 0.717) is 29.1 Å². The third-order valence-corrected chi connectivity index (χ3v) is 14.9. The molecule has 2 rings (SSSR count). The van der Waals surface area contributed by atoms with Crippen molar-refractivity contribution in [1.82, 2.24) is 0 Å². The summed E-state index contributed by atoms with van der Waals surface area (Å²) in [5.74, 6) is -0.759. The number of hydrogen-bond acceptors (Lipinski definition) is 7. The second-order valence-electron chi connectivity index (χ2n) is 13.9. The molecule has 0 unspecified atom stereocenters. The monoisotopic (exact) mass is 608 g/mol. The smallest absolute Gasteiger partial charge is 0.343 e. The maximum Gasteiger partial charge on any atom is 0.343 e. The molecule has 1 aliphatic heterocycles. The Kier molecular flexibility index (Phi) is 12.8. The van der Waals surface area contributed by atoms with Crippen molar-refractivity contribution >= 4 is 14.3 Å². The Labute approximate surface area is 256 Å². The topological polar surface area (TPSA) is 106 Å². The van der Waals surface area contributed by atoms with Crippen molar-refractivity contribution in [2.45, 2.75) is 151 Å². The Morgan fingerprint density at radius 1 is 0.833 bits per heavy atom. The summed E-state index contributed by atoms with van der Waals surface area (Å²) in [7, 11) is -2.85. The molecule has 1 aromatic heterocycles. The van der Waals surface area contributed by atoms with Gasteiger partial charge in [0.2, 0.25) is 0 Å². The summed E-state index contributed by atoms with van der Waals surface area (Å²) in [4.78, 5) is 26.6. The summed E-state index contributed by atoms with van der Waals surface area (Å²) in [6.45, 7) is 27.8. The highest BCUT2D eigenvalue weighted by atomic mass is 28.4. The number of aliphatic hydroxyl groups excluding tert-OH is 2.